The van der Waals surface area contributed by atoms with Crippen molar-refractivity contribution in [1.82, 2.24) is 5.32 Å². The number of benzene rings is 1. The molecule has 0 radical (unpaired) electrons. The van der Waals surface area contributed by atoms with Crippen molar-refractivity contribution in [1.29, 1.82) is 0 Å². The second-order valence-corrected chi connectivity index (χ2v) is 5.65. The van der Waals surface area contributed by atoms with Crippen molar-refractivity contribution in [3.05, 3.63) is 33.8 Å². The van der Waals surface area contributed by atoms with Crippen molar-refractivity contribution in [2.24, 2.45) is 5.92 Å². The lowest BCUT2D eigenvalue weighted by atomic mass is 9.98. The van der Waals surface area contributed by atoms with Gasteiger partial charge in [0.05, 0.1) is 6.10 Å². The van der Waals surface area contributed by atoms with E-state index >= 15 is 0 Å². The maximum atomic E-state index is 6.22. The highest BCUT2D eigenvalue weighted by Gasteiger charge is 2.36. The molecular weight excluding hydrogens is 269 g/mol. The van der Waals surface area contributed by atoms with E-state index in [0.717, 1.165) is 22.0 Å². The number of rotatable bonds is 6. The van der Waals surface area contributed by atoms with Crippen LogP contribution in [0.15, 0.2) is 18.2 Å². The zero-order chi connectivity index (χ0) is 13.1. The van der Waals surface area contributed by atoms with Crippen LogP contribution in [0.4, 0.5) is 0 Å². The first-order valence-electron chi connectivity index (χ1n) is 6.30. The van der Waals surface area contributed by atoms with Gasteiger partial charge >= 0.3 is 0 Å². The number of likely N-dealkylation sites (N-methyl/N-ethyl adjacent to an activating group) is 1. The molecule has 1 fully saturated rings. The summed E-state index contributed by atoms with van der Waals surface area (Å²) >= 11 is 12.4. The van der Waals surface area contributed by atoms with Crippen LogP contribution < -0.4 is 5.32 Å². The van der Waals surface area contributed by atoms with Gasteiger partial charge in [0.1, 0.15) is 0 Å². The third-order valence-corrected chi connectivity index (χ3v) is 4.32. The molecule has 2 rings (SSSR count). The molecule has 1 aromatic carbocycles. The van der Waals surface area contributed by atoms with Crippen molar-refractivity contribution in [3.8, 4) is 0 Å². The fourth-order valence-corrected chi connectivity index (χ4v) is 2.99. The third kappa shape index (κ3) is 3.18. The molecule has 1 N–H and O–H groups in total. The van der Waals surface area contributed by atoms with Crippen LogP contribution in [0.25, 0.3) is 0 Å². The van der Waals surface area contributed by atoms with Crippen molar-refractivity contribution in [2.45, 2.75) is 31.4 Å². The summed E-state index contributed by atoms with van der Waals surface area (Å²) in [4.78, 5) is 0. The van der Waals surface area contributed by atoms with Gasteiger partial charge in [0.15, 0.2) is 0 Å². The van der Waals surface area contributed by atoms with Crippen molar-refractivity contribution >= 4 is 23.2 Å². The van der Waals surface area contributed by atoms with Crippen LogP contribution in [0.3, 0.4) is 0 Å². The molecule has 1 aliphatic rings. The topological polar surface area (TPSA) is 21.3 Å². The molecule has 0 spiro atoms. The molecule has 2 unspecified atom stereocenters. The van der Waals surface area contributed by atoms with E-state index in [2.05, 4.69) is 5.32 Å². The van der Waals surface area contributed by atoms with Crippen LogP contribution in [0.1, 0.15) is 18.4 Å². The van der Waals surface area contributed by atoms with Crippen molar-refractivity contribution in [3.63, 3.8) is 0 Å². The Morgan fingerprint density at radius 2 is 1.94 bits per heavy atom. The molecule has 1 aliphatic carbocycles. The summed E-state index contributed by atoms with van der Waals surface area (Å²) in [5, 5.41) is 4.80. The first-order valence-corrected chi connectivity index (χ1v) is 7.06. The molecule has 1 aromatic rings. The van der Waals surface area contributed by atoms with Gasteiger partial charge in [0, 0.05) is 23.2 Å². The highest BCUT2D eigenvalue weighted by atomic mass is 35.5. The van der Waals surface area contributed by atoms with E-state index in [4.69, 9.17) is 27.9 Å². The predicted octanol–water partition coefficient (Wildman–Crippen LogP) is 3.55. The Hall–Kier alpha value is -0.280. The SMILES string of the molecule is CNC(Cc1c(Cl)cccc1Cl)C(OC)C1CC1. The largest absolute Gasteiger partial charge is 0.380 e. The Balaban J connectivity index is 2.14. The Labute approximate surface area is 119 Å². The highest BCUT2D eigenvalue weighted by molar-refractivity contribution is 6.36. The van der Waals surface area contributed by atoms with Crippen LogP contribution in [-0.2, 0) is 11.2 Å². The van der Waals surface area contributed by atoms with Crippen LogP contribution >= 0.6 is 23.2 Å². The van der Waals surface area contributed by atoms with Gasteiger partial charge in [-0.3, -0.25) is 0 Å². The lowest BCUT2D eigenvalue weighted by Crippen LogP contribution is -2.42. The summed E-state index contributed by atoms with van der Waals surface area (Å²) in [6.07, 6.45) is 3.55. The summed E-state index contributed by atoms with van der Waals surface area (Å²) in [5.74, 6) is 0.675. The molecule has 0 bridgehead atoms. The Bertz CT molecular complexity index is 387. The van der Waals surface area contributed by atoms with Gasteiger partial charge in [-0.15, -0.1) is 0 Å². The quantitative estimate of drug-likeness (QED) is 0.864. The zero-order valence-corrected chi connectivity index (χ0v) is 12.3. The van der Waals surface area contributed by atoms with Gasteiger partial charge in [0.2, 0.25) is 0 Å². The highest BCUT2D eigenvalue weighted by Crippen LogP contribution is 2.37. The van der Waals surface area contributed by atoms with E-state index in [0.29, 0.717) is 5.92 Å². The van der Waals surface area contributed by atoms with Crippen molar-refractivity contribution < 1.29 is 4.74 Å². The molecule has 0 aromatic heterocycles. The van der Waals surface area contributed by atoms with E-state index in [9.17, 15) is 0 Å². The van der Waals surface area contributed by atoms with Crippen LogP contribution in [-0.4, -0.2) is 26.3 Å². The smallest absolute Gasteiger partial charge is 0.0755 e. The normalized spacial score (nSPS) is 18.7. The molecule has 0 heterocycles. The first-order chi connectivity index (χ1) is 8.67. The van der Waals surface area contributed by atoms with E-state index in [1.54, 1.807) is 7.11 Å². The first kappa shape index (κ1) is 14.1. The number of hydrogen-bond acceptors (Lipinski definition) is 2. The minimum Gasteiger partial charge on any atom is -0.380 e. The molecular formula is C14H19Cl2NO. The zero-order valence-electron chi connectivity index (χ0n) is 10.7. The lowest BCUT2D eigenvalue weighted by molar-refractivity contribution is 0.0534. The summed E-state index contributed by atoms with van der Waals surface area (Å²) in [6, 6.07) is 5.89. The van der Waals surface area contributed by atoms with Gasteiger partial charge in [0.25, 0.3) is 0 Å². The van der Waals surface area contributed by atoms with Gasteiger partial charge in [-0.2, -0.15) is 0 Å². The molecule has 0 saturated heterocycles. The summed E-state index contributed by atoms with van der Waals surface area (Å²) in [6.45, 7) is 0. The molecule has 2 nitrogen and oxygen atoms in total. The van der Waals surface area contributed by atoms with Crippen molar-refractivity contribution in [2.75, 3.05) is 14.2 Å². The van der Waals surface area contributed by atoms with Crippen LogP contribution in [0.5, 0.6) is 0 Å². The van der Waals surface area contributed by atoms with Gasteiger partial charge < -0.3 is 10.1 Å². The van der Waals surface area contributed by atoms with Crippen LogP contribution in [0.2, 0.25) is 10.0 Å². The minimum absolute atomic E-state index is 0.238. The third-order valence-electron chi connectivity index (χ3n) is 3.61. The Morgan fingerprint density at radius 3 is 2.39 bits per heavy atom. The van der Waals surface area contributed by atoms with E-state index in [1.165, 1.54) is 12.8 Å². The average Bonchev–Trinajstić information content (AvgIpc) is 3.17. The lowest BCUT2D eigenvalue weighted by Gasteiger charge is -2.26. The predicted molar refractivity (Wildman–Crippen MR) is 76.5 cm³/mol. The Kier molecular flexibility index (Phi) is 4.91. The molecule has 0 amide bonds. The molecule has 0 aliphatic heterocycles. The van der Waals surface area contributed by atoms with E-state index < -0.39 is 0 Å². The number of methoxy groups -OCH3 is 1. The maximum Gasteiger partial charge on any atom is 0.0755 e. The fourth-order valence-electron chi connectivity index (χ4n) is 2.44. The summed E-state index contributed by atoms with van der Waals surface area (Å²) in [7, 11) is 3.74. The minimum atomic E-state index is 0.238. The molecule has 1 saturated carbocycles. The molecule has 4 heteroatoms. The average molecular weight is 288 g/mol. The second kappa shape index (κ2) is 6.25. The number of nitrogens with one attached hydrogen (secondary N) is 1. The maximum absolute atomic E-state index is 6.22. The van der Waals surface area contributed by atoms with Gasteiger partial charge in [-0.05, 0) is 49.9 Å². The van der Waals surface area contributed by atoms with Gasteiger partial charge in [-0.1, -0.05) is 29.3 Å². The summed E-state index contributed by atoms with van der Waals surface area (Å²) < 4.78 is 5.63. The fraction of sp³-hybridized carbons (Fsp3) is 0.571. The van der Waals surface area contributed by atoms with Gasteiger partial charge in [-0.25, -0.2) is 0 Å². The second-order valence-electron chi connectivity index (χ2n) is 4.84. The van der Waals surface area contributed by atoms with E-state index in [1.807, 2.05) is 25.2 Å². The monoisotopic (exact) mass is 287 g/mol. The Morgan fingerprint density at radius 1 is 1.33 bits per heavy atom. The molecule has 18 heavy (non-hydrogen) atoms. The van der Waals surface area contributed by atoms with E-state index in [-0.39, 0.29) is 12.1 Å². The summed E-state index contributed by atoms with van der Waals surface area (Å²) in [5.41, 5.74) is 1.00. The molecule has 100 valence electrons. The number of hydrogen-bond donors (Lipinski definition) is 1. The number of ether oxygens (including phenoxy) is 1. The van der Waals surface area contributed by atoms with Crippen LogP contribution in [0, 0.1) is 5.92 Å². The standard InChI is InChI=1S/C14H19Cl2NO/c1-17-13(14(18-2)9-6-7-9)8-10-11(15)4-3-5-12(10)16/h3-5,9,13-14,17H,6-8H2,1-2H3. The number of halogens is 2. The molecule has 2 atom stereocenters.